The smallest absolute Gasteiger partial charge is 0.326 e. The fraction of sp³-hybridized carbons (Fsp3) is 0.700. The first-order valence-electron chi connectivity index (χ1n) is 5.60. The summed E-state index contributed by atoms with van der Waals surface area (Å²) in [5, 5.41) is 13.5. The molecular formula is C10H19N3O5. The van der Waals surface area contributed by atoms with Crippen molar-refractivity contribution in [2.45, 2.75) is 25.8 Å². The van der Waals surface area contributed by atoms with Crippen molar-refractivity contribution in [3.05, 3.63) is 0 Å². The third kappa shape index (κ3) is 8.34. The lowest BCUT2D eigenvalue weighted by atomic mass is 10.1. The van der Waals surface area contributed by atoms with Crippen molar-refractivity contribution < 1.29 is 24.2 Å². The quantitative estimate of drug-likeness (QED) is 0.397. The number of nitrogens with two attached hydrogens (primary N) is 1. The number of ether oxygens (including phenoxy) is 1. The van der Waals surface area contributed by atoms with Gasteiger partial charge in [-0.05, 0) is 13.3 Å². The highest BCUT2D eigenvalue weighted by molar-refractivity contribution is 5.83. The van der Waals surface area contributed by atoms with Gasteiger partial charge in [0.1, 0.15) is 6.04 Å². The second kappa shape index (κ2) is 9.23. The van der Waals surface area contributed by atoms with E-state index in [0.717, 1.165) is 0 Å². The molecule has 3 amide bonds. The van der Waals surface area contributed by atoms with E-state index in [1.807, 2.05) is 6.92 Å². The number of nitrogens with one attached hydrogen (secondary N) is 2. The number of aliphatic carboxylic acids is 1. The number of rotatable bonds is 9. The molecule has 0 bridgehead atoms. The second-order valence-corrected chi connectivity index (χ2v) is 3.49. The largest absolute Gasteiger partial charge is 0.480 e. The molecule has 0 radical (unpaired) electrons. The van der Waals surface area contributed by atoms with Gasteiger partial charge < -0.3 is 26.2 Å². The van der Waals surface area contributed by atoms with E-state index in [9.17, 15) is 14.4 Å². The van der Waals surface area contributed by atoms with Crippen LogP contribution in [0.3, 0.4) is 0 Å². The van der Waals surface area contributed by atoms with Crippen LogP contribution in [0.25, 0.3) is 0 Å². The number of hydrogen-bond donors (Lipinski definition) is 4. The van der Waals surface area contributed by atoms with Gasteiger partial charge in [-0.3, -0.25) is 4.79 Å². The van der Waals surface area contributed by atoms with Gasteiger partial charge in [-0.15, -0.1) is 0 Å². The van der Waals surface area contributed by atoms with Gasteiger partial charge in [0.05, 0.1) is 6.61 Å². The van der Waals surface area contributed by atoms with E-state index in [4.69, 9.17) is 15.6 Å². The Morgan fingerprint density at radius 2 is 2.06 bits per heavy atom. The van der Waals surface area contributed by atoms with Crippen LogP contribution in [0, 0.1) is 0 Å². The monoisotopic (exact) mass is 261 g/mol. The Balaban J connectivity index is 3.96. The molecule has 0 aliphatic carbocycles. The fourth-order valence-corrected chi connectivity index (χ4v) is 1.13. The minimum atomic E-state index is -1.21. The van der Waals surface area contributed by atoms with Gasteiger partial charge in [0.25, 0.3) is 0 Å². The van der Waals surface area contributed by atoms with Crippen LogP contribution in [-0.2, 0) is 14.3 Å². The summed E-state index contributed by atoms with van der Waals surface area (Å²) in [4.78, 5) is 32.7. The molecule has 0 spiro atoms. The number of hydrogen-bond acceptors (Lipinski definition) is 4. The highest BCUT2D eigenvalue weighted by atomic mass is 16.5. The van der Waals surface area contributed by atoms with Crippen molar-refractivity contribution in [3.8, 4) is 0 Å². The zero-order valence-corrected chi connectivity index (χ0v) is 10.3. The van der Waals surface area contributed by atoms with E-state index in [2.05, 4.69) is 10.6 Å². The first kappa shape index (κ1) is 16.2. The Kier molecular flexibility index (Phi) is 8.29. The molecule has 0 unspecified atom stereocenters. The maximum atomic E-state index is 11.3. The topological polar surface area (TPSA) is 131 Å². The molecule has 8 heteroatoms. The molecule has 0 aromatic rings. The summed E-state index contributed by atoms with van der Waals surface area (Å²) < 4.78 is 5.00. The van der Waals surface area contributed by atoms with E-state index < -0.39 is 23.9 Å². The number of amides is 3. The standard InChI is InChI=1S/C10H19N3O5/c1-2-18-6-5-12-10(17)13-7(9(15)16)3-4-8(11)14/h7H,2-6H2,1H3,(H2,11,14)(H,15,16)(H2,12,13,17)/t7-/m1/s1. The molecule has 0 aliphatic heterocycles. The lowest BCUT2D eigenvalue weighted by molar-refractivity contribution is -0.139. The number of carboxylic acids is 1. The van der Waals surface area contributed by atoms with E-state index in [1.165, 1.54) is 0 Å². The summed E-state index contributed by atoms with van der Waals surface area (Å²) >= 11 is 0. The number of carbonyl (C=O) groups is 3. The zero-order chi connectivity index (χ0) is 14.0. The van der Waals surface area contributed by atoms with E-state index in [0.29, 0.717) is 13.2 Å². The third-order valence-corrected chi connectivity index (χ3v) is 2.02. The molecule has 5 N–H and O–H groups in total. The van der Waals surface area contributed by atoms with E-state index >= 15 is 0 Å². The molecule has 8 nitrogen and oxygen atoms in total. The first-order valence-corrected chi connectivity index (χ1v) is 5.60. The summed E-state index contributed by atoms with van der Waals surface area (Å²) in [7, 11) is 0. The van der Waals surface area contributed by atoms with Gasteiger partial charge >= 0.3 is 12.0 Å². The normalized spacial score (nSPS) is 11.6. The van der Waals surface area contributed by atoms with Crippen molar-refractivity contribution >= 4 is 17.9 Å². The Morgan fingerprint density at radius 3 is 2.56 bits per heavy atom. The highest BCUT2D eigenvalue weighted by Crippen LogP contribution is 1.97. The summed E-state index contributed by atoms with van der Waals surface area (Å²) in [5.74, 6) is -1.82. The van der Waals surface area contributed by atoms with Gasteiger partial charge in [-0.25, -0.2) is 9.59 Å². The van der Waals surface area contributed by atoms with Crippen molar-refractivity contribution in [3.63, 3.8) is 0 Å². The van der Waals surface area contributed by atoms with Crippen molar-refractivity contribution in [2.24, 2.45) is 5.73 Å². The molecule has 0 aromatic heterocycles. The van der Waals surface area contributed by atoms with Crippen molar-refractivity contribution in [1.29, 1.82) is 0 Å². The lowest BCUT2D eigenvalue weighted by Gasteiger charge is -2.14. The predicted octanol–water partition coefficient (Wildman–Crippen LogP) is -0.959. The van der Waals surface area contributed by atoms with Gasteiger partial charge in [0.2, 0.25) is 5.91 Å². The molecule has 0 saturated heterocycles. The molecule has 0 fully saturated rings. The van der Waals surface area contributed by atoms with Crippen molar-refractivity contribution in [1.82, 2.24) is 10.6 Å². The van der Waals surface area contributed by atoms with Crippen LogP contribution in [0.5, 0.6) is 0 Å². The van der Waals surface area contributed by atoms with Crippen LogP contribution in [0.4, 0.5) is 4.79 Å². The molecule has 0 heterocycles. The first-order chi connectivity index (χ1) is 8.47. The van der Waals surface area contributed by atoms with Crippen molar-refractivity contribution in [2.75, 3.05) is 19.8 Å². The summed E-state index contributed by atoms with van der Waals surface area (Å²) in [6.07, 6.45) is -0.139. The molecular weight excluding hydrogens is 242 g/mol. The van der Waals surface area contributed by atoms with Gasteiger partial charge in [0.15, 0.2) is 0 Å². The molecule has 0 aliphatic rings. The molecule has 0 saturated carbocycles. The Morgan fingerprint density at radius 1 is 1.39 bits per heavy atom. The van der Waals surface area contributed by atoms with Gasteiger partial charge in [-0.2, -0.15) is 0 Å². The number of primary amides is 1. The zero-order valence-electron chi connectivity index (χ0n) is 10.3. The molecule has 0 rings (SSSR count). The summed E-state index contributed by atoms with van der Waals surface area (Å²) in [6.45, 7) is 2.99. The molecule has 18 heavy (non-hydrogen) atoms. The fourth-order valence-electron chi connectivity index (χ4n) is 1.13. The number of carbonyl (C=O) groups excluding carboxylic acids is 2. The number of carboxylic acid groups (broad SMARTS) is 1. The third-order valence-electron chi connectivity index (χ3n) is 2.02. The molecule has 104 valence electrons. The van der Waals surface area contributed by atoms with Crippen LogP contribution in [0.2, 0.25) is 0 Å². The Bertz CT molecular complexity index is 295. The van der Waals surface area contributed by atoms with E-state index in [-0.39, 0.29) is 19.4 Å². The summed E-state index contributed by atoms with van der Waals surface area (Å²) in [5.41, 5.74) is 4.91. The van der Waals surface area contributed by atoms with Crippen LogP contribution in [0.15, 0.2) is 0 Å². The maximum Gasteiger partial charge on any atom is 0.326 e. The van der Waals surface area contributed by atoms with Gasteiger partial charge in [0, 0.05) is 19.6 Å². The summed E-state index contributed by atoms with van der Waals surface area (Å²) in [6, 6.07) is -1.75. The van der Waals surface area contributed by atoms with Crippen LogP contribution in [-0.4, -0.2) is 48.8 Å². The predicted molar refractivity (Wildman–Crippen MR) is 62.9 cm³/mol. The minimum absolute atomic E-state index is 0.0381. The SMILES string of the molecule is CCOCCNC(=O)N[C@H](CCC(N)=O)C(=O)O. The van der Waals surface area contributed by atoms with Crippen LogP contribution >= 0.6 is 0 Å². The average Bonchev–Trinajstić information content (AvgIpc) is 2.29. The van der Waals surface area contributed by atoms with Crippen LogP contribution in [0.1, 0.15) is 19.8 Å². The van der Waals surface area contributed by atoms with Crippen LogP contribution < -0.4 is 16.4 Å². The minimum Gasteiger partial charge on any atom is -0.480 e. The highest BCUT2D eigenvalue weighted by Gasteiger charge is 2.20. The maximum absolute atomic E-state index is 11.3. The van der Waals surface area contributed by atoms with E-state index in [1.54, 1.807) is 0 Å². The lowest BCUT2D eigenvalue weighted by Crippen LogP contribution is -2.47. The molecule has 1 atom stereocenters. The second-order valence-electron chi connectivity index (χ2n) is 3.49. The van der Waals surface area contributed by atoms with Gasteiger partial charge in [-0.1, -0.05) is 0 Å². The number of urea groups is 1. The average molecular weight is 261 g/mol. The Hall–Kier alpha value is -1.83. The Labute approximate surface area is 105 Å². The molecule has 0 aromatic carbocycles.